The number of hydrogen-bond donors (Lipinski definition) is 0. The van der Waals surface area contributed by atoms with Crippen molar-refractivity contribution >= 4 is 15.9 Å². The van der Waals surface area contributed by atoms with Crippen LogP contribution in [0, 0.1) is 23.7 Å². The van der Waals surface area contributed by atoms with Gasteiger partial charge in [-0.05, 0) is 39.0 Å². The van der Waals surface area contributed by atoms with Crippen LogP contribution in [0.2, 0.25) is 0 Å². The summed E-state index contributed by atoms with van der Waals surface area (Å²) >= 11 is 3.61. The zero-order valence-electron chi connectivity index (χ0n) is 13.7. The van der Waals surface area contributed by atoms with Crippen molar-refractivity contribution in [1.82, 2.24) is 0 Å². The van der Waals surface area contributed by atoms with Crippen LogP contribution in [-0.2, 0) is 19.2 Å². The van der Waals surface area contributed by atoms with Crippen molar-refractivity contribution in [3.63, 3.8) is 0 Å². The Morgan fingerprint density at radius 3 is 2.64 bits per heavy atom. The van der Waals surface area contributed by atoms with E-state index in [-0.39, 0.29) is 6.29 Å². The van der Waals surface area contributed by atoms with Gasteiger partial charge in [0.1, 0.15) is 5.76 Å². The second-order valence-corrected chi connectivity index (χ2v) is 8.90. The summed E-state index contributed by atoms with van der Waals surface area (Å²) < 4.78 is 13.7. The Morgan fingerprint density at radius 2 is 1.91 bits per heavy atom. The molecule has 0 aromatic carbocycles. The first-order chi connectivity index (χ1) is 10.4. The zero-order valence-corrected chi connectivity index (χ0v) is 15.3. The number of ether oxygens (including phenoxy) is 2. The first-order valence-electron chi connectivity index (χ1n) is 8.45. The molecular weight excluding hydrogens is 348 g/mol. The second-order valence-electron chi connectivity index (χ2n) is 7.71. The van der Waals surface area contributed by atoms with Crippen molar-refractivity contribution in [3.05, 3.63) is 10.2 Å². The third kappa shape index (κ3) is 1.92. The van der Waals surface area contributed by atoms with Crippen LogP contribution >= 0.6 is 15.9 Å². The Hall–Kier alpha value is -0.100. The van der Waals surface area contributed by atoms with E-state index in [9.17, 15) is 0 Å². The predicted molar refractivity (Wildman–Crippen MR) is 84.7 cm³/mol. The summed E-state index contributed by atoms with van der Waals surface area (Å²) in [5, 5.41) is 0. The van der Waals surface area contributed by atoms with E-state index in [4.69, 9.17) is 19.2 Å². The first-order valence-corrected chi connectivity index (χ1v) is 9.24. The molecule has 0 amide bonds. The molecule has 5 fully saturated rings. The maximum atomic E-state index is 6.32. The summed E-state index contributed by atoms with van der Waals surface area (Å²) in [6, 6.07) is 0. The maximum absolute atomic E-state index is 6.32. The monoisotopic (exact) mass is 372 g/mol. The minimum absolute atomic E-state index is 0.306. The highest BCUT2D eigenvalue weighted by Gasteiger charge is 2.69. The Kier molecular flexibility index (Phi) is 3.47. The Labute approximate surface area is 140 Å². The summed E-state index contributed by atoms with van der Waals surface area (Å²) in [6.45, 7) is 8.58. The van der Waals surface area contributed by atoms with Crippen LogP contribution in [0.25, 0.3) is 0 Å². The molecule has 0 aromatic heterocycles. The lowest BCUT2D eigenvalue weighted by Gasteiger charge is -2.59. The van der Waals surface area contributed by atoms with Crippen LogP contribution in [0.4, 0.5) is 0 Å². The molecule has 5 aliphatic rings. The van der Waals surface area contributed by atoms with Gasteiger partial charge in [-0.2, -0.15) is 0 Å². The lowest BCUT2D eigenvalue weighted by molar-refractivity contribution is -0.562. The molecule has 0 N–H and O–H groups in total. The minimum Gasteiger partial charge on any atom is -0.465 e. The molecule has 1 spiro atoms. The number of rotatable bonds is 0. The average molecular weight is 373 g/mol. The van der Waals surface area contributed by atoms with Gasteiger partial charge >= 0.3 is 0 Å². The minimum atomic E-state index is -0.691. The quantitative estimate of drug-likeness (QED) is 0.586. The molecule has 0 unspecified atom stereocenters. The molecule has 22 heavy (non-hydrogen) atoms. The van der Waals surface area contributed by atoms with Crippen molar-refractivity contribution in [1.29, 1.82) is 0 Å². The van der Waals surface area contributed by atoms with Crippen molar-refractivity contribution in [2.75, 3.05) is 0 Å². The fourth-order valence-electron chi connectivity index (χ4n) is 5.19. The van der Waals surface area contributed by atoms with Crippen LogP contribution in [0.1, 0.15) is 53.4 Å². The second kappa shape index (κ2) is 4.95. The van der Waals surface area contributed by atoms with Crippen LogP contribution in [0.5, 0.6) is 0 Å². The standard InChI is InChI=1S/C17H25BrO4/c1-9-5-6-13-10(2)14(11(3)18)19-15-17(13)12(9)7-8-16(4,20-15)21-22-17/h9-10,12-13,15H,5-8H2,1-4H3/b14-11+/t9-,10-,12+,13+,15-,16+,17-/m1/s1. The molecule has 5 rings (SSSR count). The lowest BCUT2D eigenvalue weighted by atomic mass is 9.58. The lowest BCUT2D eigenvalue weighted by Crippen LogP contribution is -2.68. The van der Waals surface area contributed by atoms with E-state index in [2.05, 4.69) is 29.8 Å². The molecular formula is C17H25BrO4. The van der Waals surface area contributed by atoms with Gasteiger partial charge in [0.25, 0.3) is 0 Å². The molecule has 5 heteroatoms. The average Bonchev–Trinajstić information content (AvgIpc) is 2.69. The third-order valence-corrected chi connectivity index (χ3v) is 6.76. The van der Waals surface area contributed by atoms with E-state index < -0.39 is 11.4 Å². The molecule has 2 bridgehead atoms. The van der Waals surface area contributed by atoms with E-state index in [1.807, 2.05) is 13.8 Å². The Bertz CT molecular complexity index is 517. The number of fused-ring (bicyclic) bond motifs is 2. The molecule has 7 atom stereocenters. The van der Waals surface area contributed by atoms with Crippen LogP contribution in [0.3, 0.4) is 0 Å². The predicted octanol–water partition coefficient (Wildman–Crippen LogP) is 4.49. The van der Waals surface area contributed by atoms with Crippen molar-refractivity contribution in [3.8, 4) is 0 Å². The third-order valence-electron chi connectivity index (χ3n) is 6.37. The molecule has 0 radical (unpaired) electrons. The first kappa shape index (κ1) is 15.4. The van der Waals surface area contributed by atoms with Gasteiger partial charge in [-0.15, -0.1) is 0 Å². The Balaban J connectivity index is 1.84. The number of allylic oxidation sites excluding steroid dienone is 2. The highest BCUT2D eigenvalue weighted by molar-refractivity contribution is 9.11. The van der Waals surface area contributed by atoms with Crippen molar-refractivity contribution < 1.29 is 19.2 Å². The van der Waals surface area contributed by atoms with Gasteiger partial charge in [0.05, 0.1) is 0 Å². The van der Waals surface area contributed by atoms with E-state index in [1.165, 1.54) is 6.42 Å². The smallest absolute Gasteiger partial charge is 0.235 e. The molecule has 4 nitrogen and oxygen atoms in total. The summed E-state index contributed by atoms with van der Waals surface area (Å²) in [7, 11) is 0. The Morgan fingerprint density at radius 1 is 1.14 bits per heavy atom. The van der Waals surface area contributed by atoms with Gasteiger partial charge in [0, 0.05) is 28.7 Å². The van der Waals surface area contributed by atoms with Crippen molar-refractivity contribution in [2.24, 2.45) is 23.7 Å². The zero-order chi connectivity index (χ0) is 15.7. The summed E-state index contributed by atoms with van der Waals surface area (Å²) in [6.07, 6.45) is 3.93. The molecule has 0 aromatic rings. The van der Waals surface area contributed by atoms with Gasteiger partial charge in [0.15, 0.2) is 5.60 Å². The molecule has 4 aliphatic heterocycles. The maximum Gasteiger partial charge on any atom is 0.235 e. The van der Waals surface area contributed by atoms with Gasteiger partial charge < -0.3 is 9.47 Å². The molecule has 124 valence electrons. The van der Waals surface area contributed by atoms with Crippen LogP contribution < -0.4 is 0 Å². The summed E-state index contributed by atoms with van der Waals surface area (Å²) in [5.74, 6) is 2.04. The highest BCUT2D eigenvalue weighted by atomic mass is 79.9. The van der Waals surface area contributed by atoms with E-state index in [0.29, 0.717) is 23.7 Å². The normalized spacial score (nSPS) is 56.0. The SMILES string of the molecule is C/C(Br)=C1\O[C@@H]2O[C@]3(C)CC[C@H]4[C@H](C)CC[C@@H]([C@H]1C)[C@@]24OO3. The van der Waals surface area contributed by atoms with Gasteiger partial charge in [-0.3, -0.25) is 0 Å². The number of halogens is 1. The van der Waals surface area contributed by atoms with E-state index >= 15 is 0 Å². The fourth-order valence-corrected chi connectivity index (χ4v) is 5.64. The topological polar surface area (TPSA) is 36.9 Å². The summed E-state index contributed by atoms with van der Waals surface area (Å²) in [4.78, 5) is 11.9. The van der Waals surface area contributed by atoms with Crippen LogP contribution in [-0.4, -0.2) is 17.7 Å². The highest BCUT2D eigenvalue weighted by Crippen LogP contribution is 2.61. The van der Waals surface area contributed by atoms with Gasteiger partial charge in [0.2, 0.25) is 12.1 Å². The van der Waals surface area contributed by atoms with E-state index in [1.54, 1.807) is 0 Å². The van der Waals surface area contributed by atoms with Crippen molar-refractivity contribution in [2.45, 2.75) is 71.1 Å². The number of hydrogen-bond acceptors (Lipinski definition) is 4. The van der Waals surface area contributed by atoms with E-state index in [0.717, 1.165) is 29.5 Å². The molecule has 4 saturated heterocycles. The molecule has 1 aliphatic carbocycles. The molecule has 4 heterocycles. The fraction of sp³-hybridized carbons (Fsp3) is 0.882. The largest absolute Gasteiger partial charge is 0.465 e. The summed E-state index contributed by atoms with van der Waals surface area (Å²) in [5.41, 5.74) is -0.459. The van der Waals surface area contributed by atoms with Crippen LogP contribution in [0.15, 0.2) is 10.2 Å². The van der Waals surface area contributed by atoms with Gasteiger partial charge in [-0.25, -0.2) is 9.78 Å². The van der Waals surface area contributed by atoms with Gasteiger partial charge in [-0.1, -0.05) is 29.8 Å². The molecule has 1 saturated carbocycles.